The van der Waals surface area contributed by atoms with Gasteiger partial charge in [-0.1, -0.05) is 0 Å². The standard InChI is InChI=1S/C2H4O2.CH3O.Hg/c1-2(3)4;1-2;/h1H3,(H,3,4);1H3;/q;-1;+1. The van der Waals surface area contributed by atoms with E-state index in [9.17, 15) is 0 Å². The molecule has 0 unspecified atom stereocenters. The Morgan fingerprint density at radius 1 is 1.86 bits per heavy atom. The summed E-state index contributed by atoms with van der Waals surface area (Å²) in [6.45, 7) is 1.08. The van der Waals surface area contributed by atoms with Crippen molar-refractivity contribution in [3.05, 3.63) is 0 Å². The molecule has 0 spiro atoms. The molecule has 4 heteroatoms. The van der Waals surface area contributed by atoms with Gasteiger partial charge in [-0.05, 0) is 0 Å². The van der Waals surface area contributed by atoms with Crippen molar-refractivity contribution in [2.45, 2.75) is 6.92 Å². The second kappa shape index (κ2) is 9.62. The molecule has 7 heavy (non-hydrogen) atoms. The molecule has 0 aromatic rings. The fourth-order valence-electron chi connectivity index (χ4n) is 0. The Labute approximate surface area is 59.3 Å². The first-order valence-corrected chi connectivity index (χ1v) is 3.87. The van der Waals surface area contributed by atoms with E-state index >= 15 is 0 Å². The SMILES string of the molecule is CC(=O)O.C[O][Hg]. The van der Waals surface area contributed by atoms with Crippen LogP contribution in [0.4, 0.5) is 0 Å². The van der Waals surface area contributed by atoms with Gasteiger partial charge in [-0.25, -0.2) is 0 Å². The summed E-state index contributed by atoms with van der Waals surface area (Å²) in [6, 6.07) is 0. The third-order valence-electron chi connectivity index (χ3n) is 0. The number of hydrogen-bond donors (Lipinski definition) is 1. The Hall–Kier alpha value is 0.365. The van der Waals surface area contributed by atoms with Crippen molar-refractivity contribution in [1.29, 1.82) is 0 Å². The van der Waals surface area contributed by atoms with Gasteiger partial charge in [0.15, 0.2) is 0 Å². The second-order valence-electron chi connectivity index (χ2n) is 0.808. The zero-order valence-corrected chi connectivity index (χ0v) is 9.97. The third-order valence-corrected chi connectivity index (χ3v) is 0. The maximum absolute atomic E-state index is 9.00. The van der Waals surface area contributed by atoms with Crippen molar-refractivity contribution in [2.75, 3.05) is 7.11 Å². The molecule has 0 radical (unpaired) electrons. The van der Waals surface area contributed by atoms with Crippen LogP contribution in [-0.4, -0.2) is 18.2 Å². The van der Waals surface area contributed by atoms with E-state index in [1.807, 2.05) is 0 Å². The number of carboxylic acid groups (broad SMARTS) is 1. The summed E-state index contributed by atoms with van der Waals surface area (Å²) in [5.74, 6) is -0.833. The van der Waals surface area contributed by atoms with Gasteiger partial charge in [0.2, 0.25) is 0 Å². The second-order valence-corrected chi connectivity index (χ2v) is 3.05. The summed E-state index contributed by atoms with van der Waals surface area (Å²) in [5.41, 5.74) is 0. The fraction of sp³-hybridized carbons (Fsp3) is 0.667. The first kappa shape index (κ1) is 10.4. The van der Waals surface area contributed by atoms with Crippen LogP contribution in [0.1, 0.15) is 6.92 Å². The van der Waals surface area contributed by atoms with Crippen LogP contribution in [0.25, 0.3) is 0 Å². The molecule has 0 aromatic heterocycles. The fourth-order valence-corrected chi connectivity index (χ4v) is 0. The van der Waals surface area contributed by atoms with Crippen molar-refractivity contribution in [1.82, 2.24) is 0 Å². The van der Waals surface area contributed by atoms with Crippen molar-refractivity contribution < 1.29 is 39.1 Å². The molecule has 3 nitrogen and oxygen atoms in total. The van der Waals surface area contributed by atoms with E-state index in [1.165, 1.54) is 0 Å². The minimum atomic E-state index is -0.833. The summed E-state index contributed by atoms with van der Waals surface area (Å²) in [5, 5.41) is 7.42. The van der Waals surface area contributed by atoms with E-state index in [0.717, 1.165) is 6.92 Å². The third kappa shape index (κ3) is 910. The van der Waals surface area contributed by atoms with Crippen molar-refractivity contribution in [3.63, 3.8) is 0 Å². The molecule has 0 heterocycles. The van der Waals surface area contributed by atoms with E-state index in [-0.39, 0.29) is 0 Å². The van der Waals surface area contributed by atoms with Gasteiger partial charge in [0, 0.05) is 6.92 Å². The Morgan fingerprint density at radius 2 is 1.86 bits per heavy atom. The van der Waals surface area contributed by atoms with Crippen LogP contribution < -0.4 is 0 Å². The molecular formula is C3H7HgO3. The minimum absolute atomic E-state index is 0.566. The normalized spacial score (nSPS) is 6.29. The first-order chi connectivity index (χ1) is 3.15. The predicted octanol–water partition coefficient (Wildman–Crippen LogP) is 0.185. The maximum atomic E-state index is 9.00. The molecule has 0 aliphatic rings. The van der Waals surface area contributed by atoms with Crippen LogP contribution in [0.3, 0.4) is 0 Å². The van der Waals surface area contributed by atoms with Gasteiger partial charge in [-0.3, -0.25) is 4.79 Å². The molecule has 0 rings (SSSR count). The van der Waals surface area contributed by atoms with Crippen molar-refractivity contribution in [2.24, 2.45) is 0 Å². The van der Waals surface area contributed by atoms with Gasteiger partial charge < -0.3 is 5.11 Å². The Balaban J connectivity index is 0. The van der Waals surface area contributed by atoms with Gasteiger partial charge >= 0.3 is 36.3 Å². The van der Waals surface area contributed by atoms with E-state index in [1.54, 1.807) is 7.11 Å². The molecule has 1 N–H and O–H groups in total. The Kier molecular flexibility index (Phi) is 14.2. The molecule has 39 valence electrons. The molecule has 0 saturated carbocycles. The van der Waals surface area contributed by atoms with E-state index in [4.69, 9.17) is 9.90 Å². The molecule has 0 bridgehead atoms. The number of hydrogen-bond acceptors (Lipinski definition) is 2. The summed E-state index contributed by atoms with van der Waals surface area (Å²) >= 11 is 0.566. The Bertz CT molecular complexity index is 41.4. The molecule has 0 aliphatic carbocycles. The van der Waals surface area contributed by atoms with Gasteiger partial charge in [0.05, 0.1) is 0 Å². The van der Waals surface area contributed by atoms with E-state index < -0.39 is 5.97 Å². The average Bonchev–Trinajstić information content (AvgIpc) is 1.33. The average molecular weight is 292 g/mol. The predicted molar refractivity (Wildman–Crippen MR) is 20.3 cm³/mol. The molecule has 0 aliphatic heterocycles. The summed E-state index contributed by atoms with van der Waals surface area (Å²) in [4.78, 5) is 9.00. The van der Waals surface area contributed by atoms with Gasteiger partial charge in [-0.15, -0.1) is 0 Å². The van der Waals surface area contributed by atoms with Gasteiger partial charge in [0.25, 0.3) is 5.97 Å². The van der Waals surface area contributed by atoms with Crippen molar-refractivity contribution >= 4 is 5.97 Å². The number of aliphatic carboxylic acids is 1. The van der Waals surface area contributed by atoms with Crippen LogP contribution >= 0.6 is 0 Å². The van der Waals surface area contributed by atoms with Crippen LogP contribution in [0.15, 0.2) is 0 Å². The quantitative estimate of drug-likeness (QED) is 0.648. The molecule has 0 atom stereocenters. The van der Waals surface area contributed by atoms with Crippen molar-refractivity contribution in [3.8, 4) is 0 Å². The molecule has 0 aromatic carbocycles. The van der Waals surface area contributed by atoms with E-state index in [0.29, 0.717) is 26.6 Å². The van der Waals surface area contributed by atoms with E-state index in [2.05, 4.69) is 2.64 Å². The van der Waals surface area contributed by atoms with Gasteiger partial charge in [0.1, 0.15) is 0 Å². The Morgan fingerprint density at radius 3 is 1.86 bits per heavy atom. The summed E-state index contributed by atoms with van der Waals surface area (Å²) in [7, 11) is 1.71. The van der Waals surface area contributed by atoms with Crippen LogP contribution in [-0.2, 0) is 34.0 Å². The zero-order valence-electron chi connectivity index (χ0n) is 4.47. The molecule has 0 amide bonds. The topological polar surface area (TPSA) is 46.5 Å². The summed E-state index contributed by atoms with van der Waals surface area (Å²) < 4.78 is 4.44. The molecular weight excluding hydrogens is 285 g/mol. The number of carboxylic acids is 1. The van der Waals surface area contributed by atoms with Crippen LogP contribution in [0.2, 0.25) is 0 Å². The zero-order chi connectivity index (χ0) is 6.28. The van der Waals surface area contributed by atoms with Gasteiger partial charge in [-0.2, -0.15) is 0 Å². The first-order valence-electron chi connectivity index (χ1n) is 1.62. The van der Waals surface area contributed by atoms with Crippen LogP contribution in [0.5, 0.6) is 0 Å². The number of rotatable bonds is 0. The number of carbonyl (C=O) groups is 1. The monoisotopic (exact) mass is 293 g/mol. The van der Waals surface area contributed by atoms with Crippen LogP contribution in [0, 0.1) is 0 Å². The summed E-state index contributed by atoms with van der Waals surface area (Å²) in [6.07, 6.45) is 0. The molecule has 0 saturated heterocycles. The molecule has 0 fully saturated rings.